The van der Waals surface area contributed by atoms with Crippen LogP contribution in [0.1, 0.15) is 80.1 Å². The van der Waals surface area contributed by atoms with Gasteiger partial charge in [-0.2, -0.15) is 0 Å². The number of rotatable bonds is 14. The molecule has 0 radical (unpaired) electrons. The minimum atomic E-state index is 0.632. The van der Waals surface area contributed by atoms with Crippen molar-refractivity contribution in [1.29, 1.82) is 0 Å². The zero-order valence-electron chi connectivity index (χ0n) is 15.8. The highest BCUT2D eigenvalue weighted by Crippen LogP contribution is 2.09. The molecule has 0 bridgehead atoms. The van der Waals surface area contributed by atoms with Gasteiger partial charge in [-0.15, -0.1) is 0 Å². The second-order valence-electron chi connectivity index (χ2n) is 7.73. The Bertz CT molecular complexity index is 200. The quantitative estimate of drug-likeness (QED) is 0.457. The first kappa shape index (κ1) is 20.9. The summed E-state index contributed by atoms with van der Waals surface area (Å²) in [6, 6.07) is 0.632. The summed E-state index contributed by atoms with van der Waals surface area (Å²) in [5, 5.41) is 3.50. The third-order valence-electron chi connectivity index (χ3n) is 4.00. The molecule has 0 atom stereocenters. The highest BCUT2D eigenvalue weighted by atomic mass is 15.1. The van der Waals surface area contributed by atoms with Crippen molar-refractivity contribution in [2.45, 2.75) is 86.1 Å². The number of nitrogens with zero attached hydrogens (tertiary/aromatic N) is 1. The summed E-state index contributed by atoms with van der Waals surface area (Å²) in [5.41, 5.74) is 0. The molecule has 0 rings (SSSR count). The first-order valence-corrected chi connectivity index (χ1v) is 9.37. The monoisotopic (exact) mass is 298 g/mol. The molecule has 0 aromatic rings. The Morgan fingerprint density at radius 1 is 0.667 bits per heavy atom. The van der Waals surface area contributed by atoms with Crippen LogP contribution < -0.4 is 5.32 Å². The molecule has 0 aliphatic carbocycles. The molecular weight excluding hydrogens is 256 g/mol. The highest BCUT2D eigenvalue weighted by molar-refractivity contribution is 4.62. The second-order valence-corrected chi connectivity index (χ2v) is 7.73. The van der Waals surface area contributed by atoms with E-state index < -0.39 is 0 Å². The predicted octanol–water partition coefficient (Wildman–Crippen LogP) is 4.94. The summed E-state index contributed by atoms with van der Waals surface area (Å²) in [6.45, 7) is 18.9. The van der Waals surface area contributed by atoms with Gasteiger partial charge in [-0.3, -0.25) is 0 Å². The molecule has 0 spiro atoms. The van der Waals surface area contributed by atoms with Gasteiger partial charge in [0.25, 0.3) is 0 Å². The van der Waals surface area contributed by atoms with E-state index in [-0.39, 0.29) is 0 Å². The summed E-state index contributed by atoms with van der Waals surface area (Å²) >= 11 is 0. The zero-order valence-corrected chi connectivity index (χ0v) is 15.8. The molecule has 0 amide bonds. The van der Waals surface area contributed by atoms with E-state index in [4.69, 9.17) is 0 Å². The smallest absolute Gasteiger partial charge is 0.00103 e. The maximum Gasteiger partial charge on any atom is 0.00103 e. The lowest BCUT2D eigenvalue weighted by Gasteiger charge is -2.24. The van der Waals surface area contributed by atoms with Crippen molar-refractivity contribution in [2.75, 3.05) is 26.2 Å². The molecule has 0 saturated heterocycles. The lowest BCUT2D eigenvalue weighted by molar-refractivity contribution is 0.238. The molecule has 2 heteroatoms. The van der Waals surface area contributed by atoms with Gasteiger partial charge in [0.2, 0.25) is 0 Å². The predicted molar refractivity (Wildman–Crippen MR) is 97.0 cm³/mol. The van der Waals surface area contributed by atoms with E-state index in [0.29, 0.717) is 6.04 Å². The average Bonchev–Trinajstić information content (AvgIpc) is 2.39. The Morgan fingerprint density at radius 3 is 1.67 bits per heavy atom. The largest absolute Gasteiger partial charge is 0.315 e. The lowest BCUT2D eigenvalue weighted by Crippen LogP contribution is -2.29. The molecule has 21 heavy (non-hydrogen) atoms. The molecule has 0 heterocycles. The first-order valence-electron chi connectivity index (χ1n) is 9.37. The molecule has 2 nitrogen and oxygen atoms in total. The fourth-order valence-electron chi connectivity index (χ4n) is 2.42. The van der Waals surface area contributed by atoms with Crippen LogP contribution in [0.3, 0.4) is 0 Å². The van der Waals surface area contributed by atoms with Gasteiger partial charge in [0.15, 0.2) is 0 Å². The van der Waals surface area contributed by atoms with E-state index >= 15 is 0 Å². The maximum atomic E-state index is 3.50. The van der Waals surface area contributed by atoms with E-state index in [1.807, 2.05) is 0 Å². The number of nitrogens with one attached hydrogen (secondary N) is 1. The van der Waals surface area contributed by atoms with Crippen molar-refractivity contribution < 1.29 is 0 Å². The molecule has 1 N–H and O–H groups in total. The van der Waals surface area contributed by atoms with Gasteiger partial charge >= 0.3 is 0 Å². The van der Waals surface area contributed by atoms with Gasteiger partial charge in [-0.05, 0) is 63.7 Å². The minimum Gasteiger partial charge on any atom is -0.315 e. The fourth-order valence-corrected chi connectivity index (χ4v) is 2.42. The SMILES string of the molecule is CC(C)CCN(CCCCCCNC(C)C)CCC(C)C. The molecule has 0 unspecified atom stereocenters. The Kier molecular flexibility index (Phi) is 13.5. The first-order chi connectivity index (χ1) is 9.91. The van der Waals surface area contributed by atoms with Crippen LogP contribution in [-0.4, -0.2) is 37.1 Å². The topological polar surface area (TPSA) is 15.3 Å². The van der Waals surface area contributed by atoms with Gasteiger partial charge in [-0.25, -0.2) is 0 Å². The molecule has 0 aliphatic rings. The number of hydrogen-bond donors (Lipinski definition) is 1. The van der Waals surface area contributed by atoms with Crippen LogP contribution in [-0.2, 0) is 0 Å². The molecule has 0 aromatic heterocycles. The van der Waals surface area contributed by atoms with Gasteiger partial charge in [0.1, 0.15) is 0 Å². The van der Waals surface area contributed by atoms with Crippen LogP contribution in [0, 0.1) is 11.8 Å². The van der Waals surface area contributed by atoms with E-state index in [2.05, 4.69) is 51.8 Å². The Labute approximate surface area is 135 Å². The normalized spacial score (nSPS) is 12.3. The summed E-state index contributed by atoms with van der Waals surface area (Å²) in [4.78, 5) is 2.70. The van der Waals surface area contributed by atoms with Crippen molar-refractivity contribution in [3.63, 3.8) is 0 Å². The van der Waals surface area contributed by atoms with Gasteiger partial charge in [0, 0.05) is 6.04 Å². The van der Waals surface area contributed by atoms with Crippen LogP contribution in [0.5, 0.6) is 0 Å². The Hall–Kier alpha value is -0.0800. The number of unbranched alkanes of at least 4 members (excludes halogenated alkanes) is 3. The third-order valence-corrected chi connectivity index (χ3v) is 4.00. The van der Waals surface area contributed by atoms with Crippen LogP contribution in [0.25, 0.3) is 0 Å². The fraction of sp³-hybridized carbons (Fsp3) is 1.00. The Morgan fingerprint density at radius 2 is 1.19 bits per heavy atom. The van der Waals surface area contributed by atoms with Crippen molar-refractivity contribution in [2.24, 2.45) is 11.8 Å². The van der Waals surface area contributed by atoms with Gasteiger partial charge < -0.3 is 10.2 Å². The molecule has 0 aliphatic heterocycles. The molecule has 0 aromatic carbocycles. The van der Waals surface area contributed by atoms with E-state index in [0.717, 1.165) is 11.8 Å². The zero-order chi connectivity index (χ0) is 16.1. The highest BCUT2D eigenvalue weighted by Gasteiger charge is 2.07. The summed E-state index contributed by atoms with van der Waals surface area (Å²) < 4.78 is 0. The van der Waals surface area contributed by atoms with E-state index in [1.54, 1.807) is 0 Å². The van der Waals surface area contributed by atoms with E-state index in [1.165, 1.54) is 64.7 Å². The third kappa shape index (κ3) is 16.1. The maximum absolute atomic E-state index is 3.50. The van der Waals surface area contributed by atoms with Gasteiger partial charge in [-0.1, -0.05) is 54.4 Å². The van der Waals surface area contributed by atoms with Crippen LogP contribution in [0.4, 0.5) is 0 Å². The van der Waals surface area contributed by atoms with Crippen molar-refractivity contribution >= 4 is 0 Å². The summed E-state index contributed by atoms with van der Waals surface area (Å²) in [6.07, 6.45) is 8.16. The van der Waals surface area contributed by atoms with Crippen LogP contribution in [0.15, 0.2) is 0 Å². The average molecular weight is 299 g/mol. The second kappa shape index (κ2) is 13.6. The van der Waals surface area contributed by atoms with Crippen molar-refractivity contribution in [3.05, 3.63) is 0 Å². The molecular formula is C19H42N2. The van der Waals surface area contributed by atoms with Crippen molar-refractivity contribution in [1.82, 2.24) is 10.2 Å². The van der Waals surface area contributed by atoms with Crippen LogP contribution >= 0.6 is 0 Å². The van der Waals surface area contributed by atoms with Crippen LogP contribution in [0.2, 0.25) is 0 Å². The standard InChI is InChI=1S/C19H42N2/c1-17(2)11-15-21(16-12-18(3)4)14-10-8-7-9-13-20-19(5)6/h17-20H,7-16H2,1-6H3. The Balaban J connectivity index is 3.68. The summed E-state index contributed by atoms with van der Waals surface area (Å²) in [5.74, 6) is 1.65. The summed E-state index contributed by atoms with van der Waals surface area (Å²) in [7, 11) is 0. The molecule has 0 fully saturated rings. The van der Waals surface area contributed by atoms with Gasteiger partial charge in [0.05, 0.1) is 0 Å². The molecule has 128 valence electrons. The lowest BCUT2D eigenvalue weighted by atomic mass is 10.1. The van der Waals surface area contributed by atoms with Crippen molar-refractivity contribution in [3.8, 4) is 0 Å². The number of hydrogen-bond acceptors (Lipinski definition) is 2. The minimum absolute atomic E-state index is 0.632. The molecule has 0 saturated carbocycles. The van der Waals surface area contributed by atoms with E-state index in [9.17, 15) is 0 Å².